The van der Waals surface area contributed by atoms with Gasteiger partial charge < -0.3 is 45.1 Å². The van der Waals surface area contributed by atoms with Crippen LogP contribution in [-0.4, -0.2) is 142 Å². The van der Waals surface area contributed by atoms with Crippen molar-refractivity contribution in [1.29, 1.82) is 0 Å². The average Bonchev–Trinajstić information content (AvgIpc) is 3.74. The number of ether oxygens (including phenoxy) is 4. The lowest BCUT2D eigenvalue weighted by Crippen LogP contribution is -2.46. The van der Waals surface area contributed by atoms with E-state index in [1.54, 1.807) is 48.3 Å². The first-order chi connectivity index (χ1) is 29.8. The van der Waals surface area contributed by atoms with Crippen molar-refractivity contribution in [2.24, 2.45) is 5.73 Å². The Bertz CT molecular complexity index is 1980. The second-order valence-electron chi connectivity index (χ2n) is 16.5. The lowest BCUT2D eigenvalue weighted by molar-refractivity contribution is -0.156. The van der Waals surface area contributed by atoms with Gasteiger partial charge >= 0.3 is 5.97 Å². The smallest absolute Gasteiger partial charge is 0.308 e. The Morgan fingerprint density at radius 3 is 2.26 bits per heavy atom. The van der Waals surface area contributed by atoms with E-state index in [1.165, 1.54) is 12.6 Å². The van der Waals surface area contributed by atoms with E-state index < -0.39 is 17.4 Å². The SMILES string of the molecule is CN(CCN1CCC[C@H]1C(=O)NCCOCCOCCOCCC(=O)OC(C)(C)C)C(=O)c1cccc(C(=O)Nc2ccc(N3CCCCC3)cc2-c2cc(C(N)=O)ccn2)c1. The molecule has 2 fully saturated rings. The third kappa shape index (κ3) is 14.9. The number of nitrogens with one attached hydrogen (secondary N) is 2. The highest BCUT2D eigenvalue weighted by Gasteiger charge is 2.31. The Morgan fingerprint density at radius 1 is 0.823 bits per heavy atom. The molecule has 2 saturated heterocycles. The molecule has 2 aliphatic rings. The maximum atomic E-state index is 13.7. The van der Waals surface area contributed by atoms with Crippen molar-refractivity contribution < 1.29 is 42.9 Å². The molecule has 16 nitrogen and oxygen atoms in total. The normalized spacial score (nSPS) is 15.5. The Labute approximate surface area is 364 Å². The molecule has 5 rings (SSSR count). The minimum atomic E-state index is -0.574. The molecule has 4 N–H and O–H groups in total. The number of piperidine rings is 1. The highest BCUT2D eigenvalue weighted by molar-refractivity contribution is 6.08. The fourth-order valence-electron chi connectivity index (χ4n) is 7.37. The molecule has 0 aliphatic carbocycles. The van der Waals surface area contributed by atoms with E-state index in [0.29, 0.717) is 86.3 Å². The molecule has 3 aromatic rings. The second kappa shape index (κ2) is 23.7. The van der Waals surface area contributed by atoms with Crippen LogP contribution in [0.5, 0.6) is 0 Å². The Hall–Kier alpha value is -5.42. The van der Waals surface area contributed by atoms with Crippen molar-refractivity contribution >= 4 is 41.0 Å². The Morgan fingerprint density at radius 2 is 1.53 bits per heavy atom. The Kier molecular flexibility index (Phi) is 18.2. The minimum Gasteiger partial charge on any atom is -0.460 e. The summed E-state index contributed by atoms with van der Waals surface area (Å²) in [6.45, 7) is 11.5. The summed E-state index contributed by atoms with van der Waals surface area (Å²) in [6, 6.07) is 15.3. The number of likely N-dealkylation sites (N-methyl/N-ethyl adjacent to an activating group) is 1. The number of hydrogen-bond donors (Lipinski definition) is 3. The fraction of sp³-hybridized carbons (Fsp3) is 0.522. The first-order valence-electron chi connectivity index (χ1n) is 21.6. The molecule has 336 valence electrons. The van der Waals surface area contributed by atoms with Gasteiger partial charge in [-0.3, -0.25) is 33.9 Å². The number of rotatable bonds is 22. The third-order valence-corrected chi connectivity index (χ3v) is 10.6. The highest BCUT2D eigenvalue weighted by atomic mass is 16.6. The molecular formula is C46H63N7O9. The van der Waals surface area contributed by atoms with Crippen LogP contribution in [0, 0.1) is 0 Å². The van der Waals surface area contributed by atoms with Crippen LogP contribution < -0.4 is 21.3 Å². The van der Waals surface area contributed by atoms with Gasteiger partial charge in [-0.1, -0.05) is 6.07 Å². The van der Waals surface area contributed by atoms with Gasteiger partial charge in [0.25, 0.3) is 11.8 Å². The summed E-state index contributed by atoms with van der Waals surface area (Å²) in [5, 5.41) is 5.97. The van der Waals surface area contributed by atoms with Crippen LogP contribution in [0.1, 0.15) is 90.4 Å². The van der Waals surface area contributed by atoms with Crippen molar-refractivity contribution in [3.8, 4) is 11.3 Å². The zero-order valence-electron chi connectivity index (χ0n) is 36.6. The summed E-state index contributed by atoms with van der Waals surface area (Å²) in [6.07, 6.45) is 6.70. The zero-order chi connectivity index (χ0) is 44.5. The summed E-state index contributed by atoms with van der Waals surface area (Å²) in [5.74, 6) is -1.59. The number of benzene rings is 2. The van der Waals surface area contributed by atoms with Crippen LogP contribution in [0.2, 0.25) is 0 Å². The molecule has 0 radical (unpaired) electrons. The molecule has 3 heterocycles. The van der Waals surface area contributed by atoms with E-state index in [0.717, 1.165) is 51.0 Å². The predicted molar refractivity (Wildman–Crippen MR) is 236 cm³/mol. The molecular weight excluding hydrogens is 795 g/mol. The molecule has 1 atom stereocenters. The number of primary amides is 1. The summed E-state index contributed by atoms with van der Waals surface area (Å²) in [7, 11) is 1.71. The molecule has 0 bridgehead atoms. The lowest BCUT2D eigenvalue weighted by Gasteiger charge is -2.29. The number of hydrogen-bond acceptors (Lipinski definition) is 12. The van der Waals surface area contributed by atoms with Gasteiger partial charge in [-0.05, 0) is 108 Å². The maximum absolute atomic E-state index is 13.7. The second-order valence-corrected chi connectivity index (χ2v) is 16.5. The van der Waals surface area contributed by atoms with E-state index in [9.17, 15) is 24.0 Å². The zero-order valence-corrected chi connectivity index (χ0v) is 36.6. The molecule has 0 spiro atoms. The number of amides is 4. The fourth-order valence-corrected chi connectivity index (χ4v) is 7.37. The molecule has 1 aromatic heterocycles. The predicted octanol–water partition coefficient (Wildman–Crippen LogP) is 4.52. The summed E-state index contributed by atoms with van der Waals surface area (Å²) < 4.78 is 21.8. The number of carbonyl (C=O) groups excluding carboxylic acids is 5. The number of nitrogens with zero attached hydrogens (tertiary/aromatic N) is 4. The van der Waals surface area contributed by atoms with Crippen molar-refractivity contribution in [2.75, 3.05) is 96.2 Å². The van der Waals surface area contributed by atoms with Crippen LogP contribution >= 0.6 is 0 Å². The summed E-state index contributed by atoms with van der Waals surface area (Å²) >= 11 is 0. The first kappa shape index (κ1) is 47.6. The molecule has 0 saturated carbocycles. The van der Waals surface area contributed by atoms with Gasteiger partial charge in [-0.2, -0.15) is 0 Å². The number of likely N-dealkylation sites (tertiary alicyclic amines) is 1. The number of anilines is 2. The van der Waals surface area contributed by atoms with E-state index in [4.69, 9.17) is 24.7 Å². The van der Waals surface area contributed by atoms with Crippen molar-refractivity contribution in [1.82, 2.24) is 20.1 Å². The van der Waals surface area contributed by atoms with Gasteiger partial charge in [-0.15, -0.1) is 0 Å². The van der Waals surface area contributed by atoms with Gasteiger partial charge in [0.2, 0.25) is 11.8 Å². The van der Waals surface area contributed by atoms with Gasteiger partial charge in [-0.25, -0.2) is 0 Å². The average molecular weight is 858 g/mol. The number of nitrogens with two attached hydrogens (primary N) is 1. The van der Waals surface area contributed by atoms with E-state index in [-0.39, 0.29) is 36.9 Å². The molecule has 4 amide bonds. The third-order valence-electron chi connectivity index (χ3n) is 10.6. The number of carbonyl (C=O) groups is 5. The maximum Gasteiger partial charge on any atom is 0.308 e. The molecule has 62 heavy (non-hydrogen) atoms. The largest absolute Gasteiger partial charge is 0.460 e. The molecule has 2 aromatic carbocycles. The van der Waals surface area contributed by atoms with Crippen molar-refractivity contribution in [2.45, 2.75) is 70.9 Å². The quantitative estimate of drug-likeness (QED) is 0.0946. The van der Waals surface area contributed by atoms with Crippen molar-refractivity contribution in [3.05, 3.63) is 77.5 Å². The number of pyridine rings is 1. The summed E-state index contributed by atoms with van der Waals surface area (Å²) in [4.78, 5) is 74.6. The number of esters is 1. The Balaban J connectivity index is 1.05. The van der Waals surface area contributed by atoms with Gasteiger partial charge in [0.1, 0.15) is 5.60 Å². The van der Waals surface area contributed by atoms with Crippen LogP contribution in [0.15, 0.2) is 60.8 Å². The molecule has 2 aliphatic heterocycles. The van der Waals surface area contributed by atoms with Gasteiger partial charge in [0, 0.05) is 73.9 Å². The molecule has 16 heteroatoms. The van der Waals surface area contributed by atoms with Gasteiger partial charge in [0.15, 0.2) is 0 Å². The van der Waals surface area contributed by atoms with E-state index >= 15 is 0 Å². The van der Waals surface area contributed by atoms with Crippen LogP contribution in [-0.2, 0) is 28.5 Å². The van der Waals surface area contributed by atoms with Crippen molar-refractivity contribution in [3.63, 3.8) is 0 Å². The number of aromatic nitrogens is 1. The molecule has 0 unspecified atom stereocenters. The highest BCUT2D eigenvalue weighted by Crippen LogP contribution is 2.33. The van der Waals surface area contributed by atoms with E-state index in [1.807, 2.05) is 39.0 Å². The van der Waals surface area contributed by atoms with Crippen LogP contribution in [0.4, 0.5) is 11.4 Å². The van der Waals surface area contributed by atoms with E-state index in [2.05, 4.69) is 25.4 Å². The monoisotopic (exact) mass is 857 g/mol. The first-order valence-corrected chi connectivity index (χ1v) is 21.6. The standard InChI is InChI=1S/C46H63N7O9/c1-46(2,3)62-41(54)16-24-59-26-28-61-29-27-60-25-18-49-44(57)40-12-9-21-53(40)23-22-51(4)45(58)35-11-8-10-34(30-35)43(56)50-38-14-13-36(52-19-6-5-7-20-52)32-37(38)39-31-33(42(47)55)15-17-48-39/h8,10-11,13-15,17,30-32,40H,5-7,9,12,16,18-29H2,1-4H3,(H2,47,55)(H,49,57)(H,50,56)/t40-/m0/s1. The topological polar surface area (TPSA) is 195 Å². The minimum absolute atomic E-state index is 0.0702. The van der Waals surface area contributed by atoms with Crippen LogP contribution in [0.25, 0.3) is 11.3 Å². The van der Waals surface area contributed by atoms with Gasteiger partial charge in [0.05, 0.1) is 63.5 Å². The summed E-state index contributed by atoms with van der Waals surface area (Å²) in [5.41, 5.74) is 8.70. The van der Waals surface area contributed by atoms with Crippen LogP contribution in [0.3, 0.4) is 0 Å². The lowest BCUT2D eigenvalue weighted by atomic mass is 10.0.